The maximum atomic E-state index is 12.3. The van der Waals surface area contributed by atoms with Crippen molar-refractivity contribution in [2.24, 2.45) is 5.73 Å². The second kappa shape index (κ2) is 7.95. The Morgan fingerprint density at radius 1 is 1.22 bits per heavy atom. The minimum atomic E-state index is -0.0659. The van der Waals surface area contributed by atoms with Crippen LogP contribution in [-0.4, -0.2) is 27.8 Å². The van der Waals surface area contributed by atoms with Crippen molar-refractivity contribution in [1.82, 2.24) is 15.1 Å². The summed E-state index contributed by atoms with van der Waals surface area (Å²) in [4.78, 5) is 12.3. The molecule has 0 spiro atoms. The molecule has 1 heterocycles. The van der Waals surface area contributed by atoms with E-state index in [1.165, 1.54) is 0 Å². The van der Waals surface area contributed by atoms with E-state index in [-0.39, 0.29) is 30.4 Å². The van der Waals surface area contributed by atoms with Crippen LogP contribution in [0.4, 0.5) is 0 Å². The predicted octanol–water partition coefficient (Wildman–Crippen LogP) is 3.06. The lowest BCUT2D eigenvalue weighted by atomic mass is 9.92. The van der Waals surface area contributed by atoms with Gasteiger partial charge in [0.15, 0.2) is 0 Å². The highest BCUT2D eigenvalue weighted by molar-refractivity contribution is 9.10. The summed E-state index contributed by atoms with van der Waals surface area (Å²) in [6.07, 6.45) is 7.22. The van der Waals surface area contributed by atoms with Crippen molar-refractivity contribution >= 4 is 34.2 Å². The number of benzene rings is 1. The third-order valence-electron chi connectivity index (χ3n) is 4.04. The highest BCUT2D eigenvalue weighted by atomic mass is 79.9. The van der Waals surface area contributed by atoms with Crippen LogP contribution in [0, 0.1) is 0 Å². The summed E-state index contributed by atoms with van der Waals surface area (Å²) in [5.41, 5.74) is 7.39. The first-order valence-electron chi connectivity index (χ1n) is 7.49. The minimum Gasteiger partial charge on any atom is -0.349 e. The van der Waals surface area contributed by atoms with E-state index in [1.807, 2.05) is 24.3 Å². The standard InChI is InChI=1S/C16H19BrN4O.ClH/c17-12-1-7-15(8-2-12)21-10-11(9-19-21)16(22)20-14-5-3-13(18)4-6-14;/h1-2,7-10,13-14H,3-6,18H2,(H,20,22);1H. The molecule has 124 valence electrons. The number of nitrogens with two attached hydrogens (primary N) is 1. The maximum absolute atomic E-state index is 12.3. The first-order valence-corrected chi connectivity index (χ1v) is 8.28. The van der Waals surface area contributed by atoms with Gasteiger partial charge < -0.3 is 11.1 Å². The lowest BCUT2D eigenvalue weighted by molar-refractivity contribution is 0.0926. The molecular formula is C16H20BrClN4O. The van der Waals surface area contributed by atoms with Gasteiger partial charge in [-0.2, -0.15) is 5.10 Å². The van der Waals surface area contributed by atoms with Gasteiger partial charge in [0.1, 0.15) is 0 Å². The summed E-state index contributed by atoms with van der Waals surface area (Å²) in [6.45, 7) is 0. The van der Waals surface area contributed by atoms with Gasteiger partial charge in [0.05, 0.1) is 17.4 Å². The van der Waals surface area contributed by atoms with Crippen molar-refractivity contribution in [3.63, 3.8) is 0 Å². The average Bonchev–Trinajstić information content (AvgIpc) is 3.00. The number of carbonyl (C=O) groups is 1. The van der Waals surface area contributed by atoms with Crippen LogP contribution in [0.5, 0.6) is 0 Å². The molecule has 3 rings (SSSR count). The molecule has 2 aromatic rings. The number of carbonyl (C=O) groups excluding carboxylic acids is 1. The number of halogens is 2. The summed E-state index contributed by atoms with van der Waals surface area (Å²) in [6, 6.07) is 8.30. The third kappa shape index (κ3) is 4.56. The van der Waals surface area contributed by atoms with Crippen molar-refractivity contribution in [3.8, 4) is 5.69 Å². The normalized spacial score (nSPS) is 20.6. The zero-order chi connectivity index (χ0) is 15.5. The van der Waals surface area contributed by atoms with E-state index in [9.17, 15) is 4.79 Å². The molecule has 7 heteroatoms. The molecule has 1 saturated carbocycles. The Kier molecular flexibility index (Phi) is 6.21. The van der Waals surface area contributed by atoms with Crippen LogP contribution in [-0.2, 0) is 0 Å². The second-order valence-electron chi connectivity index (χ2n) is 5.74. The molecular weight excluding hydrogens is 380 g/mol. The van der Waals surface area contributed by atoms with Crippen LogP contribution in [0.1, 0.15) is 36.0 Å². The van der Waals surface area contributed by atoms with E-state index in [2.05, 4.69) is 26.3 Å². The molecule has 0 radical (unpaired) electrons. The molecule has 1 amide bonds. The van der Waals surface area contributed by atoms with E-state index in [0.717, 1.165) is 35.8 Å². The van der Waals surface area contributed by atoms with Gasteiger partial charge in [-0.1, -0.05) is 15.9 Å². The number of nitrogens with one attached hydrogen (secondary N) is 1. The van der Waals surface area contributed by atoms with Crippen LogP contribution in [0.2, 0.25) is 0 Å². The highest BCUT2D eigenvalue weighted by Crippen LogP contribution is 2.18. The minimum absolute atomic E-state index is 0. The van der Waals surface area contributed by atoms with E-state index in [4.69, 9.17) is 5.73 Å². The fourth-order valence-electron chi connectivity index (χ4n) is 2.71. The molecule has 0 atom stereocenters. The van der Waals surface area contributed by atoms with Gasteiger partial charge in [-0.15, -0.1) is 12.4 Å². The zero-order valence-corrected chi connectivity index (χ0v) is 15.0. The topological polar surface area (TPSA) is 72.9 Å². The van der Waals surface area contributed by atoms with Gasteiger partial charge in [0, 0.05) is 22.8 Å². The Bertz CT molecular complexity index is 650. The summed E-state index contributed by atoms with van der Waals surface area (Å²) < 4.78 is 2.72. The first kappa shape index (κ1) is 18.0. The van der Waals surface area contributed by atoms with Crippen molar-refractivity contribution < 1.29 is 4.79 Å². The first-order chi connectivity index (χ1) is 10.6. The Morgan fingerprint density at radius 2 is 1.87 bits per heavy atom. The van der Waals surface area contributed by atoms with Gasteiger partial charge in [0.2, 0.25) is 0 Å². The van der Waals surface area contributed by atoms with Gasteiger partial charge in [-0.3, -0.25) is 4.79 Å². The predicted molar refractivity (Wildman–Crippen MR) is 96.2 cm³/mol. The van der Waals surface area contributed by atoms with Crippen LogP contribution in [0.15, 0.2) is 41.1 Å². The van der Waals surface area contributed by atoms with Gasteiger partial charge in [0.25, 0.3) is 5.91 Å². The zero-order valence-electron chi connectivity index (χ0n) is 12.6. The number of hydrogen-bond donors (Lipinski definition) is 2. The maximum Gasteiger partial charge on any atom is 0.254 e. The Balaban J connectivity index is 0.00000192. The smallest absolute Gasteiger partial charge is 0.254 e. The Morgan fingerprint density at radius 3 is 2.52 bits per heavy atom. The summed E-state index contributed by atoms with van der Waals surface area (Å²) in [7, 11) is 0. The molecule has 23 heavy (non-hydrogen) atoms. The third-order valence-corrected chi connectivity index (χ3v) is 4.57. The molecule has 1 aromatic heterocycles. The fraction of sp³-hybridized carbons (Fsp3) is 0.375. The monoisotopic (exact) mass is 398 g/mol. The fourth-order valence-corrected chi connectivity index (χ4v) is 2.97. The van der Waals surface area contributed by atoms with Crippen LogP contribution < -0.4 is 11.1 Å². The Hall–Kier alpha value is -1.37. The number of aromatic nitrogens is 2. The highest BCUT2D eigenvalue weighted by Gasteiger charge is 2.21. The lowest BCUT2D eigenvalue weighted by Crippen LogP contribution is -2.40. The lowest BCUT2D eigenvalue weighted by Gasteiger charge is -2.26. The van der Waals surface area contributed by atoms with Crippen LogP contribution >= 0.6 is 28.3 Å². The average molecular weight is 400 g/mol. The van der Waals surface area contributed by atoms with Gasteiger partial charge in [-0.25, -0.2) is 4.68 Å². The van der Waals surface area contributed by atoms with E-state index in [1.54, 1.807) is 17.1 Å². The Labute approximate surface area is 150 Å². The molecule has 0 aliphatic heterocycles. The molecule has 3 N–H and O–H groups in total. The van der Waals surface area contributed by atoms with Crippen molar-refractivity contribution in [2.75, 3.05) is 0 Å². The van der Waals surface area contributed by atoms with E-state index >= 15 is 0 Å². The van der Waals surface area contributed by atoms with Crippen molar-refractivity contribution in [1.29, 1.82) is 0 Å². The second-order valence-corrected chi connectivity index (χ2v) is 6.65. The molecule has 1 aliphatic rings. The van der Waals surface area contributed by atoms with Crippen molar-refractivity contribution in [2.45, 2.75) is 37.8 Å². The summed E-state index contributed by atoms with van der Waals surface area (Å²) in [5, 5.41) is 7.34. The van der Waals surface area contributed by atoms with Gasteiger partial charge >= 0.3 is 0 Å². The van der Waals surface area contributed by atoms with E-state index in [0.29, 0.717) is 5.56 Å². The molecule has 1 aromatic carbocycles. The number of hydrogen-bond acceptors (Lipinski definition) is 3. The summed E-state index contributed by atoms with van der Waals surface area (Å²) in [5.74, 6) is -0.0659. The van der Waals surface area contributed by atoms with Crippen molar-refractivity contribution in [3.05, 3.63) is 46.7 Å². The molecule has 0 saturated heterocycles. The molecule has 1 aliphatic carbocycles. The quantitative estimate of drug-likeness (QED) is 0.833. The summed E-state index contributed by atoms with van der Waals surface area (Å²) >= 11 is 3.40. The number of rotatable bonds is 3. The molecule has 5 nitrogen and oxygen atoms in total. The van der Waals surface area contributed by atoms with Gasteiger partial charge in [-0.05, 0) is 49.9 Å². The largest absolute Gasteiger partial charge is 0.349 e. The molecule has 0 bridgehead atoms. The molecule has 1 fully saturated rings. The SMILES string of the molecule is Cl.NC1CCC(NC(=O)c2cnn(-c3ccc(Br)cc3)c2)CC1. The van der Waals surface area contributed by atoms with Crippen LogP contribution in [0.3, 0.4) is 0 Å². The molecule has 0 unspecified atom stereocenters. The van der Waals surface area contributed by atoms with E-state index < -0.39 is 0 Å². The number of amides is 1. The number of nitrogens with zero attached hydrogens (tertiary/aromatic N) is 2. The van der Waals surface area contributed by atoms with Crippen LogP contribution in [0.25, 0.3) is 5.69 Å².